The van der Waals surface area contributed by atoms with Crippen molar-refractivity contribution in [3.63, 3.8) is 0 Å². The van der Waals surface area contributed by atoms with Crippen LogP contribution in [0.15, 0.2) is 30.3 Å². The van der Waals surface area contributed by atoms with Gasteiger partial charge >= 0.3 is 5.97 Å². The molecular formula is C17H19NO3S. The molecule has 1 aromatic carbocycles. The highest BCUT2D eigenvalue weighted by molar-refractivity contribution is 7.20. The van der Waals surface area contributed by atoms with Crippen LogP contribution in [0.1, 0.15) is 35.4 Å². The number of thiophene rings is 1. The molecule has 0 atom stereocenters. The number of carbonyl (C=O) groups is 2. The molecule has 0 radical (unpaired) electrons. The van der Waals surface area contributed by atoms with Crippen LogP contribution in [0.3, 0.4) is 0 Å². The van der Waals surface area contributed by atoms with E-state index in [-0.39, 0.29) is 12.5 Å². The lowest BCUT2D eigenvalue weighted by Gasteiger charge is -2.19. The van der Waals surface area contributed by atoms with Crippen LogP contribution in [0.4, 0.5) is 0 Å². The lowest BCUT2D eigenvalue weighted by atomic mass is 10.2. The van der Waals surface area contributed by atoms with Crippen molar-refractivity contribution in [2.45, 2.75) is 25.7 Å². The molecule has 1 fully saturated rings. The summed E-state index contributed by atoms with van der Waals surface area (Å²) in [6.45, 7) is 1.39. The number of fused-ring (bicyclic) bond motifs is 1. The van der Waals surface area contributed by atoms with E-state index in [1.807, 2.05) is 35.2 Å². The Hall–Kier alpha value is -1.88. The number of ether oxygens (including phenoxy) is 1. The van der Waals surface area contributed by atoms with Crippen molar-refractivity contribution in [3.8, 4) is 0 Å². The fourth-order valence-corrected chi connectivity index (χ4v) is 3.65. The van der Waals surface area contributed by atoms with E-state index in [0.717, 1.165) is 36.0 Å². The van der Waals surface area contributed by atoms with Gasteiger partial charge in [-0.15, -0.1) is 11.3 Å². The zero-order valence-corrected chi connectivity index (χ0v) is 13.2. The molecule has 116 valence electrons. The second-order valence-electron chi connectivity index (χ2n) is 5.52. The Kier molecular flexibility index (Phi) is 4.73. The normalized spacial score (nSPS) is 15.5. The number of esters is 1. The Bertz CT molecular complexity index is 638. The van der Waals surface area contributed by atoms with E-state index < -0.39 is 5.97 Å². The minimum atomic E-state index is -0.413. The highest BCUT2D eigenvalue weighted by atomic mass is 32.1. The molecule has 1 amide bonds. The van der Waals surface area contributed by atoms with Crippen LogP contribution < -0.4 is 0 Å². The summed E-state index contributed by atoms with van der Waals surface area (Å²) in [5, 5.41) is 1.03. The standard InChI is InChI=1S/C17H19NO3S/c19-16(18-9-5-1-2-6-10-18)12-21-17(20)15-11-13-7-3-4-8-14(13)22-15/h3-4,7-8,11H,1-2,5-6,9-10,12H2. The molecule has 2 aromatic rings. The molecule has 1 saturated heterocycles. The van der Waals surface area contributed by atoms with E-state index in [4.69, 9.17) is 4.74 Å². The second kappa shape index (κ2) is 6.92. The zero-order chi connectivity index (χ0) is 15.4. The summed E-state index contributed by atoms with van der Waals surface area (Å²) in [7, 11) is 0. The molecule has 0 bridgehead atoms. The zero-order valence-electron chi connectivity index (χ0n) is 12.4. The first-order valence-corrected chi connectivity index (χ1v) is 8.49. The van der Waals surface area contributed by atoms with Gasteiger partial charge in [-0.25, -0.2) is 4.79 Å². The monoisotopic (exact) mass is 317 g/mol. The Balaban J connectivity index is 1.58. The molecule has 4 nitrogen and oxygen atoms in total. The SMILES string of the molecule is O=C(OCC(=O)N1CCCCCC1)c1cc2ccccc2s1. The smallest absolute Gasteiger partial charge is 0.348 e. The Morgan fingerprint density at radius 1 is 1.09 bits per heavy atom. The van der Waals surface area contributed by atoms with Gasteiger partial charge in [0, 0.05) is 17.8 Å². The largest absolute Gasteiger partial charge is 0.451 e. The van der Waals surface area contributed by atoms with Gasteiger partial charge in [0.1, 0.15) is 4.88 Å². The summed E-state index contributed by atoms with van der Waals surface area (Å²) in [5.74, 6) is -0.499. The fraction of sp³-hybridized carbons (Fsp3) is 0.412. The molecule has 0 spiro atoms. The highest BCUT2D eigenvalue weighted by Crippen LogP contribution is 2.25. The summed E-state index contributed by atoms with van der Waals surface area (Å²) in [6.07, 6.45) is 4.42. The van der Waals surface area contributed by atoms with Gasteiger partial charge in [0.2, 0.25) is 0 Å². The number of nitrogens with zero attached hydrogens (tertiary/aromatic N) is 1. The lowest BCUT2D eigenvalue weighted by molar-refractivity contribution is -0.134. The lowest BCUT2D eigenvalue weighted by Crippen LogP contribution is -2.35. The summed E-state index contributed by atoms with van der Waals surface area (Å²) in [4.78, 5) is 26.6. The molecule has 2 heterocycles. The number of rotatable bonds is 3. The third-order valence-electron chi connectivity index (χ3n) is 3.91. The number of amides is 1. The van der Waals surface area contributed by atoms with Crippen molar-refractivity contribution in [2.75, 3.05) is 19.7 Å². The Morgan fingerprint density at radius 2 is 1.82 bits per heavy atom. The minimum Gasteiger partial charge on any atom is -0.451 e. The average Bonchev–Trinajstić information content (AvgIpc) is 2.78. The van der Waals surface area contributed by atoms with Crippen molar-refractivity contribution in [2.24, 2.45) is 0 Å². The molecule has 0 saturated carbocycles. The van der Waals surface area contributed by atoms with Crippen LogP contribution in [-0.4, -0.2) is 36.5 Å². The maximum atomic E-state index is 12.1. The van der Waals surface area contributed by atoms with Crippen LogP contribution in [0, 0.1) is 0 Å². The van der Waals surface area contributed by atoms with Gasteiger partial charge < -0.3 is 9.64 Å². The van der Waals surface area contributed by atoms with Crippen LogP contribution in [0.25, 0.3) is 10.1 Å². The number of hydrogen-bond donors (Lipinski definition) is 0. The average molecular weight is 317 g/mol. The molecule has 22 heavy (non-hydrogen) atoms. The highest BCUT2D eigenvalue weighted by Gasteiger charge is 2.18. The minimum absolute atomic E-state index is 0.0867. The molecule has 1 aliphatic heterocycles. The van der Waals surface area contributed by atoms with Gasteiger partial charge in [-0.05, 0) is 30.4 Å². The summed E-state index contributed by atoms with van der Waals surface area (Å²) >= 11 is 1.40. The molecular weight excluding hydrogens is 298 g/mol. The van der Waals surface area contributed by atoms with Crippen LogP contribution >= 0.6 is 11.3 Å². The third kappa shape index (κ3) is 3.47. The van der Waals surface area contributed by atoms with Crippen LogP contribution in [0.5, 0.6) is 0 Å². The molecule has 5 heteroatoms. The second-order valence-corrected chi connectivity index (χ2v) is 6.60. The van der Waals surface area contributed by atoms with Crippen molar-refractivity contribution >= 4 is 33.3 Å². The summed E-state index contributed by atoms with van der Waals surface area (Å²) in [6, 6.07) is 9.63. The van der Waals surface area contributed by atoms with Crippen molar-refractivity contribution in [3.05, 3.63) is 35.2 Å². The van der Waals surface area contributed by atoms with Crippen LogP contribution in [-0.2, 0) is 9.53 Å². The molecule has 0 aliphatic carbocycles. The third-order valence-corrected chi connectivity index (χ3v) is 5.01. The van der Waals surface area contributed by atoms with Crippen molar-refractivity contribution < 1.29 is 14.3 Å². The van der Waals surface area contributed by atoms with Gasteiger partial charge in [-0.3, -0.25) is 4.79 Å². The number of carbonyl (C=O) groups excluding carboxylic acids is 2. The first-order valence-electron chi connectivity index (χ1n) is 7.67. The van der Waals surface area contributed by atoms with Gasteiger partial charge in [-0.2, -0.15) is 0 Å². The van der Waals surface area contributed by atoms with Gasteiger partial charge in [0.25, 0.3) is 5.91 Å². The predicted molar refractivity (Wildman–Crippen MR) is 87.2 cm³/mol. The predicted octanol–water partition coefficient (Wildman–Crippen LogP) is 3.46. The van der Waals surface area contributed by atoms with Crippen LogP contribution in [0.2, 0.25) is 0 Å². The molecule has 1 aliphatic rings. The van der Waals surface area contributed by atoms with Crippen molar-refractivity contribution in [1.29, 1.82) is 0 Å². The van der Waals surface area contributed by atoms with E-state index in [0.29, 0.717) is 4.88 Å². The van der Waals surface area contributed by atoms with E-state index >= 15 is 0 Å². The van der Waals surface area contributed by atoms with E-state index in [2.05, 4.69) is 0 Å². The van der Waals surface area contributed by atoms with Gasteiger partial charge in [0.05, 0.1) is 0 Å². The first kappa shape index (κ1) is 15.0. The maximum Gasteiger partial charge on any atom is 0.348 e. The van der Waals surface area contributed by atoms with Crippen molar-refractivity contribution in [1.82, 2.24) is 4.90 Å². The Labute approximate surface area is 133 Å². The molecule has 1 aromatic heterocycles. The summed E-state index contributed by atoms with van der Waals surface area (Å²) in [5.41, 5.74) is 0. The number of benzene rings is 1. The number of likely N-dealkylation sites (tertiary alicyclic amines) is 1. The van der Waals surface area contributed by atoms with E-state index in [1.165, 1.54) is 24.2 Å². The maximum absolute atomic E-state index is 12.1. The number of hydrogen-bond acceptors (Lipinski definition) is 4. The van der Waals surface area contributed by atoms with Gasteiger partial charge in [0.15, 0.2) is 6.61 Å². The molecule has 3 rings (SSSR count). The molecule has 0 unspecified atom stereocenters. The summed E-state index contributed by atoms with van der Waals surface area (Å²) < 4.78 is 6.24. The topological polar surface area (TPSA) is 46.6 Å². The Morgan fingerprint density at radius 3 is 2.55 bits per heavy atom. The quantitative estimate of drug-likeness (QED) is 0.815. The van der Waals surface area contributed by atoms with Gasteiger partial charge in [-0.1, -0.05) is 31.0 Å². The first-order chi connectivity index (χ1) is 10.7. The van der Waals surface area contributed by atoms with E-state index in [9.17, 15) is 9.59 Å². The fourth-order valence-electron chi connectivity index (χ4n) is 2.69. The molecule has 0 N–H and O–H groups in total. The van der Waals surface area contributed by atoms with E-state index in [1.54, 1.807) is 0 Å².